The fraction of sp³-hybridized carbons (Fsp3) is 0.500. The normalized spacial score (nSPS) is 15.4. The molecule has 0 spiro atoms. The van der Waals surface area contributed by atoms with Crippen LogP contribution in [0.1, 0.15) is 12.8 Å². The Morgan fingerprint density at radius 2 is 2.16 bits per heavy atom. The second-order valence-electron chi connectivity index (χ2n) is 4.60. The maximum atomic E-state index is 13.4. The van der Waals surface area contributed by atoms with Crippen molar-refractivity contribution in [3.8, 4) is 0 Å². The molecule has 5 heteroatoms. The predicted octanol–water partition coefficient (Wildman–Crippen LogP) is 2.49. The van der Waals surface area contributed by atoms with Crippen molar-refractivity contribution in [2.45, 2.75) is 17.7 Å². The third-order valence-electron chi connectivity index (χ3n) is 2.97. The van der Waals surface area contributed by atoms with Crippen LogP contribution in [0.3, 0.4) is 0 Å². The van der Waals surface area contributed by atoms with Gasteiger partial charge in [-0.1, -0.05) is 12.1 Å². The first kappa shape index (κ1) is 14.2. The second kappa shape index (κ2) is 7.38. The van der Waals surface area contributed by atoms with Gasteiger partial charge in [-0.25, -0.2) is 4.39 Å². The molecule has 0 atom stereocenters. The largest absolute Gasteiger partial charge is 0.356 e. The molecule has 1 fully saturated rings. The maximum absolute atomic E-state index is 13.4. The number of guanidine groups is 1. The number of rotatable bonds is 6. The lowest BCUT2D eigenvalue weighted by atomic mass is 10.3. The van der Waals surface area contributed by atoms with E-state index < -0.39 is 0 Å². The van der Waals surface area contributed by atoms with E-state index in [-0.39, 0.29) is 5.82 Å². The van der Waals surface area contributed by atoms with Crippen molar-refractivity contribution in [2.24, 2.45) is 10.9 Å². The molecule has 0 radical (unpaired) electrons. The van der Waals surface area contributed by atoms with Gasteiger partial charge in [0.1, 0.15) is 5.82 Å². The summed E-state index contributed by atoms with van der Waals surface area (Å²) < 4.78 is 13.4. The molecule has 1 saturated carbocycles. The van der Waals surface area contributed by atoms with Crippen molar-refractivity contribution in [1.82, 2.24) is 10.6 Å². The summed E-state index contributed by atoms with van der Waals surface area (Å²) in [5.74, 6) is 2.32. The first-order valence-corrected chi connectivity index (χ1v) is 7.60. The smallest absolute Gasteiger partial charge is 0.191 e. The average molecular weight is 281 g/mol. The quantitative estimate of drug-likeness (QED) is 0.364. The van der Waals surface area contributed by atoms with Crippen LogP contribution in [-0.4, -0.2) is 31.8 Å². The van der Waals surface area contributed by atoms with Crippen molar-refractivity contribution in [1.29, 1.82) is 0 Å². The monoisotopic (exact) mass is 281 g/mol. The van der Waals surface area contributed by atoms with Gasteiger partial charge in [0.05, 0.1) is 0 Å². The van der Waals surface area contributed by atoms with E-state index in [1.165, 1.54) is 30.7 Å². The molecule has 3 nitrogen and oxygen atoms in total. The van der Waals surface area contributed by atoms with E-state index in [4.69, 9.17) is 0 Å². The molecular formula is C14H20FN3S. The van der Waals surface area contributed by atoms with Crippen molar-refractivity contribution in [3.63, 3.8) is 0 Å². The van der Waals surface area contributed by atoms with Crippen LogP contribution in [0.25, 0.3) is 0 Å². The van der Waals surface area contributed by atoms with Gasteiger partial charge in [0.2, 0.25) is 0 Å². The Balaban J connectivity index is 1.63. The van der Waals surface area contributed by atoms with Gasteiger partial charge in [-0.15, -0.1) is 11.8 Å². The van der Waals surface area contributed by atoms with E-state index >= 15 is 0 Å². The van der Waals surface area contributed by atoms with Crippen molar-refractivity contribution >= 4 is 17.7 Å². The Bertz CT molecular complexity index is 432. The molecule has 0 amide bonds. The summed E-state index contributed by atoms with van der Waals surface area (Å²) in [5.41, 5.74) is 0. The number of aliphatic imine (C=N–C) groups is 1. The summed E-state index contributed by atoms with van der Waals surface area (Å²) in [6, 6.07) is 6.86. The molecule has 1 aliphatic rings. The van der Waals surface area contributed by atoms with Crippen LogP contribution in [0.4, 0.5) is 4.39 Å². The lowest BCUT2D eigenvalue weighted by Crippen LogP contribution is -2.39. The van der Waals surface area contributed by atoms with Crippen molar-refractivity contribution in [2.75, 3.05) is 25.9 Å². The van der Waals surface area contributed by atoms with E-state index in [1.807, 2.05) is 6.07 Å². The van der Waals surface area contributed by atoms with E-state index in [0.717, 1.165) is 30.7 Å². The van der Waals surface area contributed by atoms with Gasteiger partial charge in [-0.05, 0) is 30.9 Å². The molecule has 2 N–H and O–H groups in total. The van der Waals surface area contributed by atoms with Gasteiger partial charge in [0.15, 0.2) is 5.96 Å². The highest BCUT2D eigenvalue weighted by atomic mass is 32.2. The minimum Gasteiger partial charge on any atom is -0.356 e. The van der Waals surface area contributed by atoms with Crippen LogP contribution < -0.4 is 10.6 Å². The van der Waals surface area contributed by atoms with Gasteiger partial charge in [0, 0.05) is 30.8 Å². The zero-order chi connectivity index (χ0) is 13.5. The summed E-state index contributed by atoms with van der Waals surface area (Å²) in [7, 11) is 1.77. The molecule has 104 valence electrons. The second-order valence-corrected chi connectivity index (χ2v) is 5.74. The SMILES string of the molecule is CN=C(NCCSc1ccccc1F)NCC1CC1. The molecule has 19 heavy (non-hydrogen) atoms. The molecule has 1 aromatic carbocycles. The maximum Gasteiger partial charge on any atom is 0.191 e. The van der Waals surface area contributed by atoms with E-state index in [2.05, 4.69) is 15.6 Å². The minimum absolute atomic E-state index is 0.149. The molecule has 1 aromatic rings. The summed E-state index contributed by atoms with van der Waals surface area (Å²) in [6.45, 7) is 1.77. The van der Waals surface area contributed by atoms with E-state index in [1.54, 1.807) is 19.2 Å². The minimum atomic E-state index is -0.149. The molecule has 0 aliphatic heterocycles. The van der Waals surface area contributed by atoms with Crippen LogP contribution in [0.5, 0.6) is 0 Å². The molecule has 0 bridgehead atoms. The van der Waals surface area contributed by atoms with Crippen LogP contribution in [0, 0.1) is 11.7 Å². The molecular weight excluding hydrogens is 261 g/mol. The first-order valence-electron chi connectivity index (χ1n) is 6.61. The van der Waals surface area contributed by atoms with Crippen molar-refractivity contribution < 1.29 is 4.39 Å². The van der Waals surface area contributed by atoms with Gasteiger partial charge >= 0.3 is 0 Å². The van der Waals surface area contributed by atoms with Crippen LogP contribution in [-0.2, 0) is 0 Å². The van der Waals surface area contributed by atoms with Crippen LogP contribution in [0.2, 0.25) is 0 Å². The highest BCUT2D eigenvalue weighted by Crippen LogP contribution is 2.27. The summed E-state index contributed by atoms with van der Waals surface area (Å²) in [4.78, 5) is 4.86. The Hall–Kier alpha value is -1.23. The van der Waals surface area contributed by atoms with E-state index in [0.29, 0.717) is 4.90 Å². The van der Waals surface area contributed by atoms with Crippen LogP contribution >= 0.6 is 11.8 Å². The van der Waals surface area contributed by atoms with Crippen LogP contribution in [0.15, 0.2) is 34.2 Å². The highest BCUT2D eigenvalue weighted by molar-refractivity contribution is 7.99. The standard InChI is InChI=1S/C14H20FN3S/c1-16-14(18-10-11-6-7-11)17-8-9-19-13-5-3-2-4-12(13)15/h2-5,11H,6-10H2,1H3,(H2,16,17,18). The summed E-state index contributed by atoms with van der Waals surface area (Å²) >= 11 is 1.52. The molecule has 2 rings (SSSR count). The number of hydrogen-bond acceptors (Lipinski definition) is 2. The first-order chi connectivity index (χ1) is 9.29. The molecule has 1 aliphatic carbocycles. The summed E-state index contributed by atoms with van der Waals surface area (Å²) in [5, 5.41) is 6.53. The predicted molar refractivity (Wildman–Crippen MR) is 79.2 cm³/mol. The number of nitrogens with one attached hydrogen (secondary N) is 2. The fourth-order valence-electron chi connectivity index (χ4n) is 1.68. The third kappa shape index (κ3) is 5.11. The lowest BCUT2D eigenvalue weighted by molar-refractivity contribution is 0.602. The summed E-state index contributed by atoms with van der Waals surface area (Å²) in [6.07, 6.45) is 2.65. The highest BCUT2D eigenvalue weighted by Gasteiger charge is 2.20. The average Bonchev–Trinajstić information content (AvgIpc) is 3.24. The Morgan fingerprint density at radius 1 is 1.37 bits per heavy atom. The number of nitrogens with zero attached hydrogens (tertiary/aromatic N) is 1. The topological polar surface area (TPSA) is 36.4 Å². The number of halogens is 1. The van der Waals surface area contributed by atoms with Gasteiger partial charge < -0.3 is 10.6 Å². The zero-order valence-corrected chi connectivity index (χ0v) is 12.0. The zero-order valence-electron chi connectivity index (χ0n) is 11.2. The van der Waals surface area contributed by atoms with Gasteiger partial charge in [0.25, 0.3) is 0 Å². The molecule has 0 heterocycles. The molecule has 0 aromatic heterocycles. The lowest BCUT2D eigenvalue weighted by Gasteiger charge is -2.11. The van der Waals surface area contributed by atoms with Gasteiger partial charge in [-0.3, -0.25) is 4.99 Å². The van der Waals surface area contributed by atoms with Crippen molar-refractivity contribution in [3.05, 3.63) is 30.1 Å². The Kier molecular flexibility index (Phi) is 5.51. The Morgan fingerprint density at radius 3 is 2.84 bits per heavy atom. The fourth-order valence-corrected chi connectivity index (χ4v) is 2.48. The number of hydrogen-bond donors (Lipinski definition) is 2. The molecule has 0 saturated heterocycles. The third-order valence-corrected chi connectivity index (χ3v) is 4.02. The van der Waals surface area contributed by atoms with Gasteiger partial charge in [-0.2, -0.15) is 0 Å². The van der Waals surface area contributed by atoms with E-state index in [9.17, 15) is 4.39 Å². The Labute approximate surface area is 118 Å². The number of thioether (sulfide) groups is 1. The number of benzene rings is 1. The molecule has 0 unspecified atom stereocenters.